The van der Waals surface area contributed by atoms with Gasteiger partial charge in [0, 0.05) is 31.5 Å². The van der Waals surface area contributed by atoms with E-state index in [-0.39, 0.29) is 36.2 Å². The van der Waals surface area contributed by atoms with Crippen molar-refractivity contribution in [3.8, 4) is 0 Å². The van der Waals surface area contributed by atoms with Gasteiger partial charge in [0.2, 0.25) is 11.8 Å². The van der Waals surface area contributed by atoms with Gasteiger partial charge < -0.3 is 10.2 Å². The second kappa shape index (κ2) is 7.55. The quantitative estimate of drug-likeness (QED) is 0.811. The Morgan fingerprint density at radius 3 is 2.59 bits per heavy atom. The van der Waals surface area contributed by atoms with Gasteiger partial charge in [-0.2, -0.15) is 0 Å². The Morgan fingerprint density at radius 1 is 1.36 bits per heavy atom. The molecule has 0 saturated carbocycles. The topological polar surface area (TPSA) is 61.4 Å². The number of hydrogen-bond acceptors (Lipinski definition) is 3. The normalized spacial score (nSPS) is 27.4. The lowest BCUT2D eigenvalue weighted by molar-refractivity contribution is -0.136. The van der Waals surface area contributed by atoms with Crippen LogP contribution in [0, 0.1) is 5.92 Å². The van der Waals surface area contributed by atoms with E-state index in [2.05, 4.69) is 10.6 Å². The predicted molar refractivity (Wildman–Crippen MR) is 81.2 cm³/mol. The lowest BCUT2D eigenvalue weighted by Gasteiger charge is -2.35. The number of alkyl halides is 2. The highest BCUT2D eigenvalue weighted by Crippen LogP contribution is 2.26. The molecule has 0 aromatic heterocycles. The molecule has 0 aliphatic carbocycles. The number of amides is 2. The van der Waals surface area contributed by atoms with Crippen molar-refractivity contribution in [2.24, 2.45) is 5.92 Å². The summed E-state index contributed by atoms with van der Waals surface area (Å²) in [5, 5.41) is 5.50. The van der Waals surface area contributed by atoms with Crippen molar-refractivity contribution >= 4 is 24.2 Å². The highest BCUT2D eigenvalue weighted by Gasteiger charge is 2.44. The number of carbonyl (C=O) groups is 2. The van der Waals surface area contributed by atoms with E-state index in [0.29, 0.717) is 13.1 Å². The maximum Gasteiger partial charge on any atom is 0.262 e. The van der Waals surface area contributed by atoms with Gasteiger partial charge in [-0.05, 0) is 12.8 Å². The van der Waals surface area contributed by atoms with Crippen molar-refractivity contribution < 1.29 is 18.4 Å². The van der Waals surface area contributed by atoms with Crippen LogP contribution in [0.1, 0.15) is 33.1 Å². The lowest BCUT2D eigenvalue weighted by Crippen LogP contribution is -2.53. The maximum atomic E-state index is 13.2. The number of nitrogens with one attached hydrogen (secondary N) is 2. The standard InChI is InChI=1S/C14H23F2N3O2.ClH/c1-9(2)12(20)18-10-4-3-5-19(7-10)13(21)11-6-14(15,16)8-17-11;/h9-11,17H,3-8H2,1-2H3,(H,18,20);1H. The first kappa shape index (κ1) is 19.1. The van der Waals surface area contributed by atoms with Gasteiger partial charge in [-0.1, -0.05) is 13.8 Å². The number of nitrogens with zero attached hydrogens (tertiary/aromatic N) is 1. The van der Waals surface area contributed by atoms with E-state index >= 15 is 0 Å². The summed E-state index contributed by atoms with van der Waals surface area (Å²) in [6, 6.07) is -0.890. The highest BCUT2D eigenvalue weighted by atomic mass is 35.5. The van der Waals surface area contributed by atoms with Gasteiger partial charge in [-0.3, -0.25) is 14.9 Å². The summed E-state index contributed by atoms with van der Waals surface area (Å²) in [4.78, 5) is 25.6. The average molecular weight is 340 g/mol. The average Bonchev–Trinajstić information content (AvgIpc) is 2.78. The van der Waals surface area contributed by atoms with E-state index in [1.54, 1.807) is 4.90 Å². The molecule has 0 aromatic carbocycles. The summed E-state index contributed by atoms with van der Waals surface area (Å²) in [6.07, 6.45) is 1.15. The molecule has 0 bridgehead atoms. The molecule has 2 fully saturated rings. The number of halogens is 3. The minimum absolute atomic E-state index is 0. The molecule has 2 atom stereocenters. The van der Waals surface area contributed by atoms with E-state index in [4.69, 9.17) is 0 Å². The smallest absolute Gasteiger partial charge is 0.262 e. The molecular weight excluding hydrogens is 316 g/mol. The molecule has 8 heteroatoms. The molecule has 0 aromatic rings. The molecule has 22 heavy (non-hydrogen) atoms. The second-order valence-corrected chi connectivity index (χ2v) is 6.28. The van der Waals surface area contributed by atoms with Gasteiger partial charge in [0.05, 0.1) is 12.6 Å². The molecule has 2 rings (SSSR count). The van der Waals surface area contributed by atoms with Crippen LogP contribution in [0.3, 0.4) is 0 Å². The summed E-state index contributed by atoms with van der Waals surface area (Å²) in [5.41, 5.74) is 0. The third-order valence-corrected chi connectivity index (χ3v) is 4.01. The zero-order valence-electron chi connectivity index (χ0n) is 12.9. The summed E-state index contributed by atoms with van der Waals surface area (Å²) in [5.74, 6) is -3.23. The number of hydrogen-bond donors (Lipinski definition) is 2. The van der Waals surface area contributed by atoms with Crippen molar-refractivity contribution in [3.05, 3.63) is 0 Å². The number of carbonyl (C=O) groups excluding carboxylic acids is 2. The zero-order valence-corrected chi connectivity index (χ0v) is 13.7. The van der Waals surface area contributed by atoms with Gasteiger partial charge in [0.25, 0.3) is 5.92 Å². The molecule has 2 heterocycles. The molecule has 128 valence electrons. The van der Waals surface area contributed by atoms with Gasteiger partial charge >= 0.3 is 0 Å². The van der Waals surface area contributed by atoms with E-state index < -0.39 is 24.9 Å². The Kier molecular flexibility index (Phi) is 6.55. The Morgan fingerprint density at radius 2 is 2.05 bits per heavy atom. The zero-order chi connectivity index (χ0) is 15.6. The van der Waals surface area contributed by atoms with Gasteiger partial charge in [-0.25, -0.2) is 8.78 Å². The number of likely N-dealkylation sites (tertiary alicyclic amines) is 1. The molecule has 2 amide bonds. The van der Waals surface area contributed by atoms with Crippen molar-refractivity contribution in [2.75, 3.05) is 19.6 Å². The minimum atomic E-state index is -2.80. The molecule has 2 aliphatic rings. The molecule has 2 aliphatic heterocycles. The fourth-order valence-corrected chi connectivity index (χ4v) is 2.77. The molecule has 2 saturated heterocycles. The van der Waals surface area contributed by atoms with E-state index in [1.165, 1.54) is 0 Å². The maximum absolute atomic E-state index is 13.2. The van der Waals surface area contributed by atoms with Crippen LogP contribution < -0.4 is 10.6 Å². The van der Waals surface area contributed by atoms with Gasteiger partial charge in [-0.15, -0.1) is 12.4 Å². The Balaban J connectivity index is 0.00000242. The largest absolute Gasteiger partial charge is 0.351 e. The fourth-order valence-electron chi connectivity index (χ4n) is 2.77. The summed E-state index contributed by atoms with van der Waals surface area (Å²) in [6.45, 7) is 4.15. The molecule has 2 N–H and O–H groups in total. The predicted octanol–water partition coefficient (Wildman–Crippen LogP) is 1.17. The molecule has 5 nitrogen and oxygen atoms in total. The highest BCUT2D eigenvalue weighted by molar-refractivity contribution is 5.85. The first-order valence-electron chi connectivity index (χ1n) is 7.49. The lowest BCUT2D eigenvalue weighted by atomic mass is 10.0. The second-order valence-electron chi connectivity index (χ2n) is 6.28. The molecular formula is C14H24ClF2N3O2. The van der Waals surface area contributed by atoms with Crippen LogP contribution >= 0.6 is 12.4 Å². The van der Waals surface area contributed by atoms with Crippen LogP contribution in [0.4, 0.5) is 8.78 Å². The number of rotatable bonds is 3. The first-order chi connectivity index (χ1) is 9.78. The minimum Gasteiger partial charge on any atom is -0.351 e. The third kappa shape index (κ3) is 4.78. The molecule has 0 spiro atoms. The van der Waals surface area contributed by atoms with Crippen molar-refractivity contribution in [1.82, 2.24) is 15.5 Å². The van der Waals surface area contributed by atoms with Gasteiger partial charge in [0.1, 0.15) is 0 Å². The molecule has 2 unspecified atom stereocenters. The summed E-state index contributed by atoms with van der Waals surface area (Å²) < 4.78 is 26.3. The summed E-state index contributed by atoms with van der Waals surface area (Å²) in [7, 11) is 0. The van der Waals surface area contributed by atoms with Crippen LogP contribution in [0.25, 0.3) is 0 Å². The summed E-state index contributed by atoms with van der Waals surface area (Å²) >= 11 is 0. The first-order valence-corrected chi connectivity index (χ1v) is 7.49. The third-order valence-electron chi connectivity index (χ3n) is 4.01. The Hall–Kier alpha value is -0.950. The Labute approximate surface area is 135 Å². The van der Waals surface area contributed by atoms with Crippen LogP contribution in [0.15, 0.2) is 0 Å². The van der Waals surface area contributed by atoms with Gasteiger partial charge in [0.15, 0.2) is 0 Å². The van der Waals surface area contributed by atoms with E-state index in [9.17, 15) is 18.4 Å². The van der Waals surface area contributed by atoms with Crippen LogP contribution in [0.5, 0.6) is 0 Å². The number of piperidine rings is 1. The van der Waals surface area contributed by atoms with Crippen LogP contribution in [-0.2, 0) is 9.59 Å². The monoisotopic (exact) mass is 339 g/mol. The van der Waals surface area contributed by atoms with Crippen molar-refractivity contribution in [1.29, 1.82) is 0 Å². The van der Waals surface area contributed by atoms with Crippen molar-refractivity contribution in [2.45, 2.75) is 51.1 Å². The Bertz CT molecular complexity index is 421. The fraction of sp³-hybridized carbons (Fsp3) is 0.857. The van der Waals surface area contributed by atoms with Crippen LogP contribution in [-0.4, -0.2) is 54.4 Å². The SMILES string of the molecule is CC(C)C(=O)NC1CCCN(C(=O)C2CC(F)(F)CN2)C1.Cl. The van der Waals surface area contributed by atoms with E-state index in [1.807, 2.05) is 13.8 Å². The van der Waals surface area contributed by atoms with Crippen molar-refractivity contribution in [3.63, 3.8) is 0 Å². The van der Waals surface area contributed by atoms with Crippen LogP contribution in [0.2, 0.25) is 0 Å². The van der Waals surface area contributed by atoms with E-state index in [0.717, 1.165) is 12.8 Å². The molecule has 0 radical (unpaired) electrons.